The van der Waals surface area contributed by atoms with Gasteiger partial charge < -0.3 is 9.64 Å². The molecule has 28 heavy (non-hydrogen) atoms. The quantitative estimate of drug-likeness (QED) is 0.554. The van der Waals surface area contributed by atoms with E-state index >= 15 is 0 Å². The van der Waals surface area contributed by atoms with Crippen molar-refractivity contribution in [1.29, 1.82) is 0 Å². The van der Waals surface area contributed by atoms with E-state index in [1.54, 1.807) is 16.2 Å². The van der Waals surface area contributed by atoms with E-state index in [0.717, 1.165) is 34.1 Å². The van der Waals surface area contributed by atoms with Gasteiger partial charge in [-0.05, 0) is 77.3 Å². The molecule has 6 heteroatoms. The molecule has 0 aliphatic rings. The summed E-state index contributed by atoms with van der Waals surface area (Å²) in [5.41, 5.74) is 1.56. The predicted molar refractivity (Wildman–Crippen MR) is 117 cm³/mol. The second-order valence-electron chi connectivity index (χ2n) is 7.27. The van der Waals surface area contributed by atoms with Crippen molar-refractivity contribution in [3.63, 3.8) is 0 Å². The molecule has 3 aromatic rings. The second-order valence-corrected chi connectivity index (χ2v) is 8.28. The number of ether oxygens (including phenoxy) is 1. The lowest BCUT2D eigenvalue weighted by molar-refractivity contribution is 0.0986. The number of hydrogen-bond acceptors (Lipinski definition) is 5. The van der Waals surface area contributed by atoms with Crippen LogP contribution >= 0.6 is 11.3 Å². The Morgan fingerprint density at radius 1 is 1.07 bits per heavy atom. The topological polar surface area (TPSA) is 45.7 Å². The highest BCUT2D eigenvalue weighted by Crippen LogP contribution is 2.30. The molecular formula is C22H27N3O2S. The Kier molecular flexibility index (Phi) is 6.65. The number of amides is 1. The fourth-order valence-corrected chi connectivity index (χ4v) is 3.90. The average molecular weight is 398 g/mol. The number of carbonyl (C=O) groups excluding carboxylic acids is 1. The van der Waals surface area contributed by atoms with Crippen LogP contribution in [0.25, 0.3) is 10.2 Å². The summed E-state index contributed by atoms with van der Waals surface area (Å²) in [6.45, 7) is 5.51. The van der Waals surface area contributed by atoms with Crippen LogP contribution in [0.1, 0.15) is 30.6 Å². The second kappa shape index (κ2) is 9.17. The Morgan fingerprint density at radius 2 is 1.79 bits per heavy atom. The molecule has 3 rings (SSSR count). The van der Waals surface area contributed by atoms with Crippen LogP contribution in [0.2, 0.25) is 0 Å². The number of para-hydroxylation sites is 1. The zero-order valence-corrected chi connectivity index (χ0v) is 17.7. The van der Waals surface area contributed by atoms with Gasteiger partial charge in [-0.15, -0.1) is 0 Å². The molecule has 0 saturated heterocycles. The number of aromatic nitrogens is 1. The van der Waals surface area contributed by atoms with Gasteiger partial charge in [0.2, 0.25) is 0 Å². The van der Waals surface area contributed by atoms with Crippen LogP contribution in [0, 0.1) is 0 Å². The van der Waals surface area contributed by atoms with Gasteiger partial charge in [0.1, 0.15) is 5.75 Å². The van der Waals surface area contributed by atoms with E-state index in [4.69, 9.17) is 9.72 Å². The van der Waals surface area contributed by atoms with E-state index in [-0.39, 0.29) is 12.0 Å². The number of anilines is 1. The molecule has 5 nitrogen and oxygen atoms in total. The standard InChI is InChI=1S/C22H27N3O2S/c1-16(2)27-18-12-10-17(11-13-18)21(26)25(15-7-14-24(3)4)22-23-19-8-5-6-9-20(19)28-22/h5-6,8-13,16H,7,14-15H2,1-4H3. The average Bonchev–Trinajstić information content (AvgIpc) is 3.08. The van der Waals surface area contributed by atoms with Crippen LogP contribution in [-0.2, 0) is 0 Å². The molecule has 1 heterocycles. The maximum atomic E-state index is 13.3. The largest absolute Gasteiger partial charge is 0.491 e. The van der Waals surface area contributed by atoms with Crippen molar-refractivity contribution in [3.05, 3.63) is 54.1 Å². The van der Waals surface area contributed by atoms with Crippen molar-refractivity contribution in [2.45, 2.75) is 26.4 Å². The summed E-state index contributed by atoms with van der Waals surface area (Å²) in [5, 5.41) is 0.743. The van der Waals surface area contributed by atoms with Crippen molar-refractivity contribution < 1.29 is 9.53 Å². The number of rotatable bonds is 8. The number of carbonyl (C=O) groups is 1. The van der Waals surface area contributed by atoms with Crippen molar-refractivity contribution in [2.75, 3.05) is 32.1 Å². The van der Waals surface area contributed by atoms with Gasteiger partial charge >= 0.3 is 0 Å². The third-order valence-electron chi connectivity index (χ3n) is 4.22. The summed E-state index contributed by atoms with van der Waals surface area (Å²) in [4.78, 5) is 21.9. The van der Waals surface area contributed by atoms with Gasteiger partial charge in [0.15, 0.2) is 5.13 Å². The highest BCUT2D eigenvalue weighted by atomic mass is 32.1. The third kappa shape index (κ3) is 5.09. The molecule has 0 atom stereocenters. The minimum atomic E-state index is -0.0334. The monoisotopic (exact) mass is 397 g/mol. The fraction of sp³-hybridized carbons (Fsp3) is 0.364. The maximum Gasteiger partial charge on any atom is 0.260 e. The van der Waals surface area contributed by atoms with Gasteiger partial charge in [0.25, 0.3) is 5.91 Å². The summed E-state index contributed by atoms with van der Waals surface area (Å²) in [5.74, 6) is 0.736. The summed E-state index contributed by atoms with van der Waals surface area (Å²) < 4.78 is 6.77. The van der Waals surface area contributed by atoms with Crippen molar-refractivity contribution in [3.8, 4) is 5.75 Å². The first-order valence-corrected chi connectivity index (χ1v) is 10.3. The SMILES string of the molecule is CC(C)Oc1ccc(C(=O)N(CCCN(C)C)c2nc3ccccc3s2)cc1. The number of benzene rings is 2. The molecule has 0 saturated carbocycles. The molecule has 0 unspecified atom stereocenters. The molecule has 148 valence electrons. The first-order valence-electron chi connectivity index (χ1n) is 9.53. The van der Waals surface area contributed by atoms with Crippen LogP contribution in [0.4, 0.5) is 5.13 Å². The number of hydrogen-bond donors (Lipinski definition) is 0. The van der Waals surface area contributed by atoms with E-state index in [1.807, 2.05) is 76.5 Å². The summed E-state index contributed by atoms with van der Waals surface area (Å²) >= 11 is 1.55. The number of fused-ring (bicyclic) bond motifs is 1. The van der Waals surface area contributed by atoms with Gasteiger partial charge in [-0.25, -0.2) is 4.98 Å². The highest BCUT2D eigenvalue weighted by molar-refractivity contribution is 7.22. The molecule has 0 N–H and O–H groups in total. The normalized spacial score (nSPS) is 11.4. The van der Waals surface area contributed by atoms with Crippen LogP contribution < -0.4 is 9.64 Å². The summed E-state index contributed by atoms with van der Waals surface area (Å²) in [7, 11) is 4.08. The molecule has 0 aliphatic heterocycles. The lowest BCUT2D eigenvalue weighted by Crippen LogP contribution is -2.33. The number of thiazole rings is 1. The first kappa shape index (κ1) is 20.3. The predicted octanol–water partition coefficient (Wildman–Crippen LogP) is 4.68. The smallest absolute Gasteiger partial charge is 0.260 e. The Bertz CT molecular complexity index is 886. The van der Waals surface area contributed by atoms with E-state index in [1.165, 1.54) is 0 Å². The Morgan fingerprint density at radius 3 is 2.43 bits per heavy atom. The van der Waals surface area contributed by atoms with E-state index in [2.05, 4.69) is 4.90 Å². The lowest BCUT2D eigenvalue weighted by atomic mass is 10.2. The van der Waals surface area contributed by atoms with Gasteiger partial charge in [-0.3, -0.25) is 9.69 Å². The van der Waals surface area contributed by atoms with Crippen molar-refractivity contribution in [2.24, 2.45) is 0 Å². The zero-order chi connectivity index (χ0) is 20.1. The summed E-state index contributed by atoms with van der Waals surface area (Å²) in [6.07, 6.45) is 0.982. The zero-order valence-electron chi connectivity index (χ0n) is 16.9. The first-order chi connectivity index (χ1) is 13.4. The molecule has 2 aromatic carbocycles. The lowest BCUT2D eigenvalue weighted by Gasteiger charge is -2.21. The molecule has 0 spiro atoms. The van der Waals surface area contributed by atoms with Gasteiger partial charge in [-0.1, -0.05) is 23.5 Å². The Labute approximate surface area is 170 Å². The molecular weight excluding hydrogens is 370 g/mol. The Hall–Kier alpha value is -2.44. The van der Waals surface area contributed by atoms with Gasteiger partial charge in [0.05, 0.1) is 16.3 Å². The Balaban J connectivity index is 1.85. The highest BCUT2D eigenvalue weighted by Gasteiger charge is 2.21. The maximum absolute atomic E-state index is 13.3. The molecule has 1 aromatic heterocycles. The molecule has 0 bridgehead atoms. The minimum absolute atomic E-state index is 0.0334. The molecule has 0 aliphatic carbocycles. The number of nitrogens with zero attached hydrogens (tertiary/aromatic N) is 3. The molecule has 1 amide bonds. The van der Waals surface area contributed by atoms with E-state index in [9.17, 15) is 4.79 Å². The van der Waals surface area contributed by atoms with Gasteiger partial charge in [0, 0.05) is 12.1 Å². The molecule has 0 fully saturated rings. The summed E-state index contributed by atoms with van der Waals surface area (Å²) in [6, 6.07) is 15.3. The van der Waals surface area contributed by atoms with Crippen LogP contribution in [-0.4, -0.2) is 49.1 Å². The van der Waals surface area contributed by atoms with Crippen LogP contribution in [0.5, 0.6) is 5.75 Å². The fourth-order valence-electron chi connectivity index (χ4n) is 2.91. The van der Waals surface area contributed by atoms with Gasteiger partial charge in [-0.2, -0.15) is 0 Å². The third-order valence-corrected chi connectivity index (χ3v) is 5.28. The van der Waals surface area contributed by atoms with Crippen LogP contribution in [0.3, 0.4) is 0 Å². The minimum Gasteiger partial charge on any atom is -0.491 e. The van der Waals surface area contributed by atoms with Crippen molar-refractivity contribution >= 4 is 32.6 Å². The van der Waals surface area contributed by atoms with E-state index < -0.39 is 0 Å². The van der Waals surface area contributed by atoms with Crippen molar-refractivity contribution in [1.82, 2.24) is 9.88 Å². The van der Waals surface area contributed by atoms with E-state index in [0.29, 0.717) is 12.1 Å². The molecule has 0 radical (unpaired) electrons. The van der Waals surface area contributed by atoms with Crippen LogP contribution in [0.15, 0.2) is 48.5 Å².